The molecule has 0 saturated carbocycles. The van der Waals surface area contributed by atoms with E-state index in [1.54, 1.807) is 0 Å². The fourth-order valence-corrected chi connectivity index (χ4v) is 2.04. The van der Waals surface area contributed by atoms with E-state index in [2.05, 4.69) is 4.74 Å². The van der Waals surface area contributed by atoms with E-state index in [1.165, 1.54) is 0 Å². The molecule has 0 radical (unpaired) electrons. The molecule has 0 aliphatic carbocycles. The maximum absolute atomic E-state index is 13.2. The van der Waals surface area contributed by atoms with E-state index in [-0.39, 0.29) is 0 Å². The van der Waals surface area contributed by atoms with E-state index < -0.39 is 37.8 Å². The van der Waals surface area contributed by atoms with E-state index in [4.69, 9.17) is 10.7 Å². The second-order valence-electron chi connectivity index (χ2n) is 2.72. The molecule has 15 heavy (non-hydrogen) atoms. The first kappa shape index (κ1) is 12.2. The van der Waals surface area contributed by atoms with Gasteiger partial charge in [0.05, 0.1) is 12.9 Å². The number of halogens is 3. The molecule has 0 N–H and O–H groups in total. The van der Waals surface area contributed by atoms with Crippen molar-refractivity contribution in [2.75, 3.05) is 7.11 Å². The van der Waals surface area contributed by atoms with Crippen molar-refractivity contribution in [3.8, 4) is 5.75 Å². The zero-order chi connectivity index (χ0) is 11.6. The number of hydrogen-bond donors (Lipinski definition) is 0. The number of rotatable bonds is 3. The monoisotopic (exact) mass is 256 g/mol. The summed E-state index contributed by atoms with van der Waals surface area (Å²) in [6, 6.07) is 1.66. The van der Waals surface area contributed by atoms with Gasteiger partial charge in [-0.05, 0) is 12.1 Å². The van der Waals surface area contributed by atoms with Gasteiger partial charge in [0, 0.05) is 16.2 Å². The van der Waals surface area contributed by atoms with Crippen LogP contribution >= 0.6 is 10.7 Å². The zero-order valence-corrected chi connectivity index (χ0v) is 9.20. The van der Waals surface area contributed by atoms with Gasteiger partial charge in [0.15, 0.2) is 11.6 Å². The molecule has 0 bridgehead atoms. The molecule has 3 nitrogen and oxygen atoms in total. The summed E-state index contributed by atoms with van der Waals surface area (Å²) in [5, 5.41) is 0. The van der Waals surface area contributed by atoms with Crippen LogP contribution in [0.4, 0.5) is 8.78 Å². The highest BCUT2D eigenvalue weighted by Gasteiger charge is 2.19. The van der Waals surface area contributed by atoms with Crippen LogP contribution < -0.4 is 4.74 Å². The lowest BCUT2D eigenvalue weighted by atomic mass is 10.2. The summed E-state index contributed by atoms with van der Waals surface area (Å²) < 4.78 is 52.3. The van der Waals surface area contributed by atoms with Crippen molar-refractivity contribution in [2.45, 2.75) is 5.75 Å². The quantitative estimate of drug-likeness (QED) is 0.778. The van der Waals surface area contributed by atoms with E-state index in [0.717, 1.165) is 19.2 Å². The second kappa shape index (κ2) is 4.32. The van der Waals surface area contributed by atoms with Gasteiger partial charge < -0.3 is 4.74 Å². The van der Waals surface area contributed by atoms with Gasteiger partial charge in [-0.15, -0.1) is 0 Å². The molecule has 0 heterocycles. The molecule has 0 atom stereocenters. The molecule has 0 aliphatic rings. The van der Waals surface area contributed by atoms with Crippen LogP contribution in [0.15, 0.2) is 12.1 Å². The smallest absolute Gasteiger partial charge is 0.237 e. The molecule has 1 aromatic rings. The van der Waals surface area contributed by atoms with Gasteiger partial charge in [-0.1, -0.05) is 0 Å². The maximum Gasteiger partial charge on any atom is 0.237 e. The van der Waals surface area contributed by atoms with Gasteiger partial charge in [0.2, 0.25) is 9.05 Å². The van der Waals surface area contributed by atoms with Gasteiger partial charge in [-0.25, -0.2) is 17.2 Å². The predicted octanol–water partition coefficient (Wildman–Crippen LogP) is 2.04. The Morgan fingerprint density at radius 2 is 1.87 bits per heavy atom. The lowest BCUT2D eigenvalue weighted by Crippen LogP contribution is -2.03. The average Bonchev–Trinajstić information content (AvgIpc) is 2.10. The van der Waals surface area contributed by atoms with Gasteiger partial charge in [0.25, 0.3) is 0 Å². The van der Waals surface area contributed by atoms with Gasteiger partial charge in [0.1, 0.15) is 5.82 Å². The van der Waals surface area contributed by atoms with Gasteiger partial charge >= 0.3 is 0 Å². The van der Waals surface area contributed by atoms with E-state index in [0.29, 0.717) is 0 Å². The molecule has 0 saturated heterocycles. The first-order valence-corrected chi connectivity index (χ1v) is 6.26. The third kappa shape index (κ3) is 3.04. The Hall–Kier alpha value is -0.880. The first-order chi connectivity index (χ1) is 6.85. The summed E-state index contributed by atoms with van der Waals surface area (Å²) in [7, 11) is 2.10. The van der Waals surface area contributed by atoms with Crippen LogP contribution in [0.3, 0.4) is 0 Å². The largest absolute Gasteiger partial charge is 0.493 e. The standard InChI is InChI=1S/C8H7ClF2O3S/c1-14-8-5(4-15(9,12)13)6(10)2-3-7(8)11/h2-3H,4H2,1H3. The maximum atomic E-state index is 13.2. The zero-order valence-electron chi connectivity index (χ0n) is 7.63. The van der Waals surface area contributed by atoms with Crippen molar-refractivity contribution in [1.29, 1.82) is 0 Å². The van der Waals surface area contributed by atoms with Crippen LogP contribution in [0.25, 0.3) is 0 Å². The molecule has 0 spiro atoms. The molecule has 0 amide bonds. The minimum absolute atomic E-state index is 0.410. The molecule has 0 aromatic heterocycles. The molecule has 7 heteroatoms. The Bertz CT molecular complexity index is 473. The number of hydrogen-bond acceptors (Lipinski definition) is 3. The first-order valence-electron chi connectivity index (χ1n) is 3.78. The van der Waals surface area contributed by atoms with Crippen molar-refractivity contribution in [2.24, 2.45) is 0 Å². The molecule has 0 aliphatic heterocycles. The summed E-state index contributed by atoms with van der Waals surface area (Å²) in [5.74, 6) is -2.98. The van der Waals surface area contributed by atoms with Crippen molar-refractivity contribution in [1.82, 2.24) is 0 Å². The van der Waals surface area contributed by atoms with Crippen LogP contribution in [0.2, 0.25) is 0 Å². The Morgan fingerprint density at radius 3 is 2.33 bits per heavy atom. The molecule has 0 fully saturated rings. The minimum Gasteiger partial charge on any atom is -0.493 e. The summed E-state index contributed by atoms with van der Waals surface area (Å²) in [6.45, 7) is 0. The molecule has 84 valence electrons. The highest BCUT2D eigenvalue weighted by molar-refractivity contribution is 8.13. The summed E-state index contributed by atoms with van der Waals surface area (Å²) in [5.41, 5.74) is -0.410. The van der Waals surface area contributed by atoms with Crippen molar-refractivity contribution >= 4 is 19.7 Å². The number of methoxy groups -OCH3 is 1. The topological polar surface area (TPSA) is 43.4 Å². The van der Waals surface area contributed by atoms with Gasteiger partial charge in [-0.3, -0.25) is 0 Å². The second-order valence-corrected chi connectivity index (χ2v) is 5.50. The van der Waals surface area contributed by atoms with E-state index in [9.17, 15) is 17.2 Å². The van der Waals surface area contributed by atoms with E-state index in [1.807, 2.05) is 0 Å². The van der Waals surface area contributed by atoms with E-state index >= 15 is 0 Å². The Kier molecular flexibility index (Phi) is 3.51. The van der Waals surface area contributed by atoms with Crippen molar-refractivity contribution < 1.29 is 21.9 Å². The Morgan fingerprint density at radius 1 is 1.33 bits per heavy atom. The lowest BCUT2D eigenvalue weighted by molar-refractivity contribution is 0.378. The van der Waals surface area contributed by atoms with Gasteiger partial charge in [-0.2, -0.15) is 0 Å². The fraction of sp³-hybridized carbons (Fsp3) is 0.250. The molecular formula is C8H7ClF2O3S. The summed E-state index contributed by atoms with van der Waals surface area (Å²) >= 11 is 0. The summed E-state index contributed by atoms with van der Waals surface area (Å²) in [4.78, 5) is 0. The Balaban J connectivity index is 3.32. The average molecular weight is 257 g/mol. The molecular weight excluding hydrogens is 250 g/mol. The van der Waals surface area contributed by atoms with Crippen LogP contribution in [-0.4, -0.2) is 15.5 Å². The van der Waals surface area contributed by atoms with Crippen LogP contribution in [0.1, 0.15) is 5.56 Å². The number of ether oxygens (including phenoxy) is 1. The van der Waals surface area contributed by atoms with Crippen LogP contribution in [0.5, 0.6) is 5.75 Å². The van der Waals surface area contributed by atoms with Crippen LogP contribution in [0, 0.1) is 11.6 Å². The molecule has 1 aromatic carbocycles. The molecule has 0 unspecified atom stereocenters. The third-order valence-electron chi connectivity index (χ3n) is 1.68. The summed E-state index contributed by atoms with van der Waals surface area (Å²) in [6.07, 6.45) is 0. The van der Waals surface area contributed by atoms with Crippen LogP contribution in [-0.2, 0) is 14.8 Å². The Labute approximate surface area is 90.0 Å². The SMILES string of the molecule is COc1c(F)ccc(F)c1CS(=O)(=O)Cl. The third-order valence-corrected chi connectivity index (χ3v) is 2.64. The number of benzene rings is 1. The van der Waals surface area contributed by atoms with Crippen molar-refractivity contribution in [3.63, 3.8) is 0 Å². The minimum atomic E-state index is -3.96. The predicted molar refractivity (Wildman–Crippen MR) is 51.4 cm³/mol. The fourth-order valence-electron chi connectivity index (χ4n) is 1.10. The highest BCUT2D eigenvalue weighted by atomic mass is 35.7. The highest BCUT2D eigenvalue weighted by Crippen LogP contribution is 2.27. The normalized spacial score (nSPS) is 11.5. The lowest BCUT2D eigenvalue weighted by Gasteiger charge is -2.08. The van der Waals surface area contributed by atoms with Crippen molar-refractivity contribution in [3.05, 3.63) is 29.3 Å². The molecule has 1 rings (SSSR count).